The van der Waals surface area contributed by atoms with Gasteiger partial charge in [0.25, 0.3) is 5.91 Å². The van der Waals surface area contributed by atoms with Crippen molar-refractivity contribution in [2.75, 3.05) is 26.1 Å². The van der Waals surface area contributed by atoms with Gasteiger partial charge in [-0.3, -0.25) is 10.1 Å². The predicted molar refractivity (Wildman–Crippen MR) is 118 cm³/mol. The Kier molecular flexibility index (Phi) is 7.11. The van der Waals surface area contributed by atoms with Crippen LogP contribution in [0.1, 0.15) is 12.5 Å². The molecule has 0 radical (unpaired) electrons. The normalized spacial score (nSPS) is 10.5. The Morgan fingerprint density at radius 1 is 1.10 bits per heavy atom. The van der Waals surface area contributed by atoms with E-state index in [9.17, 15) is 4.79 Å². The number of ether oxygens (including phenoxy) is 3. The van der Waals surface area contributed by atoms with Crippen LogP contribution in [-0.4, -0.2) is 31.7 Å². The molecule has 0 bridgehead atoms. The number of rotatable bonds is 8. The smallest absolute Gasteiger partial charge is 0.264 e. The zero-order valence-corrected chi connectivity index (χ0v) is 18.7. The number of anilines is 1. The van der Waals surface area contributed by atoms with Crippen molar-refractivity contribution in [3.63, 3.8) is 0 Å². The van der Waals surface area contributed by atoms with E-state index in [4.69, 9.17) is 14.2 Å². The number of nitrogens with zero attached hydrogens (tertiary/aromatic N) is 1. The lowest BCUT2D eigenvalue weighted by atomic mass is 10.1. The molecule has 0 aliphatic heterocycles. The average molecular weight is 477 g/mol. The fourth-order valence-corrected chi connectivity index (χ4v) is 3.92. The number of aryl methyl sites for hydroxylation is 1. The summed E-state index contributed by atoms with van der Waals surface area (Å²) >= 11 is 4.82. The van der Waals surface area contributed by atoms with Crippen molar-refractivity contribution in [3.05, 3.63) is 51.8 Å². The summed E-state index contributed by atoms with van der Waals surface area (Å²) in [5, 5.41) is 5.14. The van der Waals surface area contributed by atoms with Crippen LogP contribution in [0.2, 0.25) is 0 Å². The second-order valence-electron chi connectivity index (χ2n) is 6.06. The van der Waals surface area contributed by atoms with Crippen LogP contribution in [0, 0.1) is 0 Å². The SMILES string of the molecule is CCc1ccc(OCC(=O)Nc2nc(-c3ccc(OC)c(OC)c3)cs2)c(Br)c1. The first kappa shape index (κ1) is 21.1. The van der Waals surface area contributed by atoms with Gasteiger partial charge in [0, 0.05) is 10.9 Å². The highest BCUT2D eigenvalue weighted by Gasteiger charge is 2.12. The van der Waals surface area contributed by atoms with E-state index in [1.165, 1.54) is 16.9 Å². The molecule has 152 valence electrons. The van der Waals surface area contributed by atoms with E-state index in [2.05, 4.69) is 33.2 Å². The van der Waals surface area contributed by atoms with Crippen LogP contribution in [-0.2, 0) is 11.2 Å². The number of carbonyl (C=O) groups is 1. The summed E-state index contributed by atoms with van der Waals surface area (Å²) in [6.45, 7) is 1.98. The van der Waals surface area contributed by atoms with E-state index in [0.29, 0.717) is 22.4 Å². The van der Waals surface area contributed by atoms with Crippen LogP contribution in [0.5, 0.6) is 17.2 Å². The molecule has 29 heavy (non-hydrogen) atoms. The number of halogens is 1. The number of aromatic nitrogens is 1. The molecule has 0 saturated carbocycles. The quantitative estimate of drug-likeness (QED) is 0.485. The summed E-state index contributed by atoms with van der Waals surface area (Å²) in [7, 11) is 3.18. The van der Waals surface area contributed by atoms with Gasteiger partial charge < -0.3 is 14.2 Å². The van der Waals surface area contributed by atoms with Gasteiger partial charge in [-0.2, -0.15) is 0 Å². The van der Waals surface area contributed by atoms with Gasteiger partial charge in [-0.25, -0.2) is 4.98 Å². The monoisotopic (exact) mass is 476 g/mol. The molecule has 1 aromatic heterocycles. The maximum Gasteiger partial charge on any atom is 0.264 e. The molecule has 0 fully saturated rings. The molecular formula is C21H21BrN2O4S. The van der Waals surface area contributed by atoms with Crippen molar-refractivity contribution in [1.82, 2.24) is 4.98 Å². The maximum atomic E-state index is 12.2. The molecule has 1 N–H and O–H groups in total. The van der Waals surface area contributed by atoms with E-state index in [-0.39, 0.29) is 12.5 Å². The topological polar surface area (TPSA) is 69.7 Å². The summed E-state index contributed by atoms with van der Waals surface area (Å²) in [5.74, 6) is 1.62. The minimum atomic E-state index is -0.273. The summed E-state index contributed by atoms with van der Waals surface area (Å²) in [6.07, 6.45) is 0.936. The van der Waals surface area contributed by atoms with Crippen LogP contribution < -0.4 is 19.5 Å². The summed E-state index contributed by atoms with van der Waals surface area (Å²) in [4.78, 5) is 16.7. The van der Waals surface area contributed by atoms with Gasteiger partial charge in [0.1, 0.15) is 5.75 Å². The minimum absolute atomic E-state index is 0.102. The number of hydrogen-bond donors (Lipinski definition) is 1. The molecular weight excluding hydrogens is 456 g/mol. The highest BCUT2D eigenvalue weighted by atomic mass is 79.9. The zero-order valence-electron chi connectivity index (χ0n) is 16.3. The van der Waals surface area contributed by atoms with Gasteiger partial charge in [-0.05, 0) is 58.2 Å². The van der Waals surface area contributed by atoms with E-state index >= 15 is 0 Å². The molecule has 3 aromatic rings. The highest BCUT2D eigenvalue weighted by Crippen LogP contribution is 2.33. The van der Waals surface area contributed by atoms with Crippen LogP contribution in [0.4, 0.5) is 5.13 Å². The van der Waals surface area contributed by atoms with Crippen molar-refractivity contribution in [2.24, 2.45) is 0 Å². The van der Waals surface area contributed by atoms with Crippen LogP contribution in [0.3, 0.4) is 0 Å². The molecule has 2 aromatic carbocycles. The maximum absolute atomic E-state index is 12.2. The van der Waals surface area contributed by atoms with Crippen LogP contribution >= 0.6 is 27.3 Å². The number of benzene rings is 2. The molecule has 0 aliphatic carbocycles. The van der Waals surface area contributed by atoms with Gasteiger partial charge in [-0.15, -0.1) is 11.3 Å². The van der Waals surface area contributed by atoms with E-state index in [1.807, 2.05) is 41.8 Å². The second kappa shape index (κ2) is 9.76. The van der Waals surface area contributed by atoms with Gasteiger partial charge >= 0.3 is 0 Å². The molecule has 0 unspecified atom stereocenters. The molecule has 6 nitrogen and oxygen atoms in total. The van der Waals surface area contributed by atoms with Crippen molar-refractivity contribution in [3.8, 4) is 28.5 Å². The Morgan fingerprint density at radius 2 is 1.86 bits per heavy atom. The van der Waals surface area contributed by atoms with E-state index in [0.717, 1.165) is 22.2 Å². The molecule has 0 aliphatic rings. The molecule has 0 saturated heterocycles. The third-order valence-electron chi connectivity index (χ3n) is 4.19. The lowest BCUT2D eigenvalue weighted by molar-refractivity contribution is -0.118. The lowest BCUT2D eigenvalue weighted by Crippen LogP contribution is -2.20. The highest BCUT2D eigenvalue weighted by molar-refractivity contribution is 9.10. The van der Waals surface area contributed by atoms with Crippen molar-refractivity contribution in [1.29, 1.82) is 0 Å². The van der Waals surface area contributed by atoms with Gasteiger partial charge in [0.15, 0.2) is 23.2 Å². The number of thiazole rings is 1. The Balaban J connectivity index is 1.62. The molecule has 3 rings (SSSR count). The molecule has 0 spiro atoms. The molecule has 0 atom stereocenters. The third-order valence-corrected chi connectivity index (χ3v) is 5.57. The van der Waals surface area contributed by atoms with Crippen LogP contribution in [0.25, 0.3) is 11.3 Å². The summed E-state index contributed by atoms with van der Waals surface area (Å²) < 4.78 is 17.0. The van der Waals surface area contributed by atoms with Crippen molar-refractivity contribution in [2.45, 2.75) is 13.3 Å². The largest absolute Gasteiger partial charge is 0.493 e. The zero-order chi connectivity index (χ0) is 20.8. The first-order valence-electron chi connectivity index (χ1n) is 8.93. The van der Waals surface area contributed by atoms with Gasteiger partial charge in [0.05, 0.1) is 24.4 Å². The number of nitrogens with one attached hydrogen (secondary N) is 1. The van der Waals surface area contributed by atoms with Crippen molar-refractivity contribution >= 4 is 38.3 Å². The van der Waals surface area contributed by atoms with Crippen molar-refractivity contribution < 1.29 is 19.0 Å². The lowest BCUT2D eigenvalue weighted by Gasteiger charge is -2.09. The Labute approximate surface area is 182 Å². The van der Waals surface area contributed by atoms with Gasteiger partial charge in [-0.1, -0.05) is 13.0 Å². The summed E-state index contributed by atoms with van der Waals surface area (Å²) in [6, 6.07) is 11.4. The first-order valence-corrected chi connectivity index (χ1v) is 10.6. The van der Waals surface area contributed by atoms with E-state index in [1.54, 1.807) is 14.2 Å². The molecule has 1 amide bonds. The molecule has 1 heterocycles. The number of amides is 1. The fraction of sp³-hybridized carbons (Fsp3) is 0.238. The number of carbonyl (C=O) groups excluding carboxylic acids is 1. The summed E-state index contributed by atoms with van der Waals surface area (Å²) in [5.41, 5.74) is 2.81. The number of hydrogen-bond acceptors (Lipinski definition) is 6. The number of methoxy groups -OCH3 is 2. The Bertz CT molecular complexity index is 1010. The average Bonchev–Trinajstić information content (AvgIpc) is 3.20. The predicted octanol–water partition coefficient (Wildman–Crippen LogP) is 5.17. The Morgan fingerprint density at radius 3 is 2.55 bits per heavy atom. The molecule has 8 heteroatoms. The van der Waals surface area contributed by atoms with Crippen LogP contribution in [0.15, 0.2) is 46.3 Å². The van der Waals surface area contributed by atoms with E-state index < -0.39 is 0 Å². The first-order chi connectivity index (χ1) is 14.0. The second-order valence-corrected chi connectivity index (χ2v) is 7.78. The standard InChI is InChI=1S/C21H21BrN2O4S/c1-4-13-5-7-17(15(22)9-13)28-11-20(25)24-21-23-16(12-29-21)14-6-8-18(26-2)19(10-14)27-3/h5-10,12H,4,11H2,1-3H3,(H,23,24,25). The minimum Gasteiger partial charge on any atom is -0.493 e. The fourth-order valence-electron chi connectivity index (χ4n) is 2.64. The Hall–Kier alpha value is -2.58. The van der Waals surface area contributed by atoms with Gasteiger partial charge in [0.2, 0.25) is 0 Å². The third kappa shape index (κ3) is 5.27.